The van der Waals surface area contributed by atoms with Crippen LogP contribution in [0.15, 0.2) is 151 Å². The zero-order valence-corrected chi connectivity index (χ0v) is 42.7. The number of aromatic nitrogens is 3. The molecule has 2 aliphatic heterocycles. The summed E-state index contributed by atoms with van der Waals surface area (Å²) in [7, 11) is 0. The van der Waals surface area contributed by atoms with Crippen molar-refractivity contribution in [1.29, 1.82) is 0 Å². The van der Waals surface area contributed by atoms with Crippen molar-refractivity contribution in [1.82, 2.24) is 14.5 Å². The first-order chi connectivity index (χ1) is 32.2. The Kier molecular flexibility index (Phi) is 11.0. The van der Waals surface area contributed by atoms with Gasteiger partial charge in [-0.1, -0.05) is 152 Å². The second-order valence-corrected chi connectivity index (χ2v) is 20.0. The molecule has 340 valence electrons. The number of aryl methyl sites for hydroxylation is 5. The van der Waals surface area contributed by atoms with Crippen LogP contribution in [0.4, 0.5) is 5.69 Å². The molecule has 0 spiro atoms. The summed E-state index contributed by atoms with van der Waals surface area (Å²) < 4.78 is 9.42. The number of benzene rings is 6. The van der Waals surface area contributed by atoms with Crippen LogP contribution in [0.1, 0.15) is 96.2 Å². The van der Waals surface area contributed by atoms with E-state index >= 15 is 0 Å². The molecule has 3 aromatic heterocycles. The second kappa shape index (κ2) is 16.6. The molecule has 0 fully saturated rings. The molecule has 1 atom stereocenters. The van der Waals surface area contributed by atoms with E-state index in [1.165, 1.54) is 55.4 Å². The summed E-state index contributed by atoms with van der Waals surface area (Å²) in [5.74, 6) is 2.86. The predicted molar refractivity (Wildman–Crippen MR) is 274 cm³/mol. The minimum absolute atomic E-state index is 0. The average Bonchev–Trinajstić information content (AvgIpc) is 3.72. The molecule has 0 saturated heterocycles. The minimum Gasteiger partial charge on any atom is -0.503 e. The third-order valence-corrected chi connectivity index (χ3v) is 14.8. The van der Waals surface area contributed by atoms with Crippen molar-refractivity contribution >= 4 is 33.3 Å². The number of fused-ring (bicyclic) bond motifs is 5. The maximum atomic E-state index is 7.12. The molecule has 0 saturated carbocycles. The Morgan fingerprint density at radius 3 is 1.91 bits per heavy atom. The number of amidine groups is 1. The van der Waals surface area contributed by atoms with Gasteiger partial charge in [-0.05, 0) is 99.9 Å². The molecule has 0 radical (unpaired) electrons. The van der Waals surface area contributed by atoms with E-state index in [4.69, 9.17) is 19.7 Å². The van der Waals surface area contributed by atoms with E-state index in [9.17, 15) is 0 Å². The Bertz CT molecular complexity index is 3400. The number of anilines is 1. The first-order valence-electron chi connectivity index (χ1n) is 23.4. The van der Waals surface area contributed by atoms with E-state index < -0.39 is 11.1 Å². The zero-order chi connectivity index (χ0) is 46.6. The first kappa shape index (κ1) is 45.2. The van der Waals surface area contributed by atoms with Crippen LogP contribution in [0.3, 0.4) is 0 Å². The summed E-state index contributed by atoms with van der Waals surface area (Å²) >= 11 is 0. The Labute approximate surface area is 415 Å². The van der Waals surface area contributed by atoms with Gasteiger partial charge in [0.25, 0.3) is 0 Å². The van der Waals surface area contributed by atoms with Crippen LogP contribution < -0.4 is 9.64 Å². The molecule has 0 amide bonds. The molecule has 0 unspecified atom stereocenters. The van der Waals surface area contributed by atoms with E-state index in [2.05, 4.69) is 194 Å². The third kappa shape index (κ3) is 6.97. The zero-order valence-electron chi connectivity index (χ0n) is 40.4. The van der Waals surface area contributed by atoms with Crippen LogP contribution >= 0.6 is 0 Å². The van der Waals surface area contributed by atoms with Gasteiger partial charge in [-0.3, -0.25) is 4.98 Å². The Hall–Kier alpha value is -6.62. The van der Waals surface area contributed by atoms with Crippen molar-refractivity contribution in [3.05, 3.63) is 214 Å². The summed E-state index contributed by atoms with van der Waals surface area (Å²) in [6.07, 6.45) is 3.73. The van der Waals surface area contributed by atoms with Crippen molar-refractivity contribution in [3.8, 4) is 28.6 Å². The van der Waals surface area contributed by atoms with Gasteiger partial charge in [0.2, 0.25) is 0 Å². The first-order valence-corrected chi connectivity index (χ1v) is 23.4. The fourth-order valence-corrected chi connectivity index (χ4v) is 11.4. The Morgan fingerprint density at radius 1 is 0.603 bits per heavy atom. The van der Waals surface area contributed by atoms with Gasteiger partial charge in [0.1, 0.15) is 5.82 Å². The van der Waals surface area contributed by atoms with Crippen LogP contribution in [0.25, 0.3) is 38.9 Å². The van der Waals surface area contributed by atoms with Crippen molar-refractivity contribution in [2.75, 3.05) is 4.90 Å². The van der Waals surface area contributed by atoms with Gasteiger partial charge in [-0.15, -0.1) is 28.6 Å². The van der Waals surface area contributed by atoms with E-state index in [0.717, 1.165) is 50.6 Å². The third-order valence-electron chi connectivity index (χ3n) is 14.8. The fraction of sp³-hybridized carbons (Fsp3) is 0.230. The fourth-order valence-electron chi connectivity index (χ4n) is 11.4. The van der Waals surface area contributed by atoms with Crippen LogP contribution in [-0.4, -0.2) is 31.4 Å². The van der Waals surface area contributed by atoms with Gasteiger partial charge in [0, 0.05) is 52.0 Å². The number of hydrogen-bond donors (Lipinski definition) is 0. The van der Waals surface area contributed by atoms with Crippen molar-refractivity contribution in [2.45, 2.75) is 91.6 Å². The van der Waals surface area contributed by atoms with Crippen LogP contribution in [0, 0.1) is 46.8 Å². The summed E-state index contributed by atoms with van der Waals surface area (Å²) in [4.78, 5) is 18.3. The minimum atomic E-state index is -0.615. The molecule has 6 nitrogen and oxygen atoms in total. The largest absolute Gasteiger partial charge is 2.00 e. The summed E-state index contributed by atoms with van der Waals surface area (Å²) in [6.45, 7) is 22.5. The number of ether oxygens (including phenoxy) is 1. The van der Waals surface area contributed by atoms with Gasteiger partial charge in [-0.2, -0.15) is 6.07 Å². The predicted octanol–water partition coefficient (Wildman–Crippen LogP) is 14.4. The average molecular weight is 1070 g/mol. The Morgan fingerprint density at radius 2 is 1.25 bits per heavy atom. The molecular weight excluding hydrogens is 1010 g/mol. The standard InChI is InChI=1S/C61H55N5O.Pt/c1-37-28-40(4)55(41(5)29-37)66-57(64-60(8,9)61(66,10)54(42-20-13-11-14-21-42)43-22-15-12-16-23-43)45-33-44(51-25-17-18-26-62-51)34-46(35-45)67-53-36-52-47(32-39(53)3)48-30-38(2)31-50-56(48)65(52)58-49(59(50,6)7)24-19-27-63-58;/h11-34,54H,1-10H3;/q-2;+2/t61-;/m0./s1. The maximum absolute atomic E-state index is 7.12. The normalized spacial score (nSPS) is 16.8. The van der Waals surface area contributed by atoms with Gasteiger partial charge >= 0.3 is 21.1 Å². The van der Waals surface area contributed by atoms with Crippen molar-refractivity contribution in [2.24, 2.45) is 4.99 Å². The van der Waals surface area contributed by atoms with Gasteiger partial charge in [0.15, 0.2) is 0 Å². The number of pyridine rings is 2. The maximum Gasteiger partial charge on any atom is 2.00 e. The number of hydrogen-bond acceptors (Lipinski definition) is 5. The molecule has 68 heavy (non-hydrogen) atoms. The van der Waals surface area contributed by atoms with Crippen molar-refractivity contribution < 1.29 is 25.8 Å². The molecule has 0 aliphatic carbocycles. The molecule has 0 bridgehead atoms. The molecule has 0 N–H and O–H groups in total. The topological polar surface area (TPSA) is 55.5 Å². The second-order valence-electron chi connectivity index (χ2n) is 20.0. The van der Waals surface area contributed by atoms with Gasteiger partial charge in [-0.25, -0.2) is 4.98 Å². The molecule has 7 heteroatoms. The van der Waals surface area contributed by atoms with Crippen LogP contribution in [0.5, 0.6) is 11.5 Å². The van der Waals surface area contributed by atoms with Crippen LogP contribution in [-0.2, 0) is 26.5 Å². The Balaban J connectivity index is 0.00000539. The summed E-state index contributed by atoms with van der Waals surface area (Å²) in [5, 5.41) is 2.32. The number of nitrogens with zero attached hydrogens (tertiary/aromatic N) is 5. The van der Waals surface area contributed by atoms with E-state index in [1.807, 2.05) is 42.7 Å². The van der Waals surface area contributed by atoms with Crippen molar-refractivity contribution in [3.63, 3.8) is 0 Å². The molecule has 11 rings (SSSR count). The SMILES string of the molecule is Cc1cc(C)c(N2C(c3[c-]c(Oc4[c-]c5c(cc4C)c4cc(C)cc6c4n5-c4ncccc4C6(C)C)cc(-c4ccccn4)c3)=NC(C)(C)[C@]2(C)C(c2ccccc2)c2ccccc2)c(C)c1.[Pt+2]. The molecular formula is C61H55N5OPt. The molecule has 9 aromatic rings. The molecule has 6 aromatic carbocycles. The van der Waals surface area contributed by atoms with Crippen LogP contribution in [0.2, 0.25) is 0 Å². The molecule has 2 aliphatic rings. The number of rotatable bonds is 8. The van der Waals surface area contributed by atoms with E-state index in [-0.39, 0.29) is 32.4 Å². The summed E-state index contributed by atoms with van der Waals surface area (Å²) in [5.41, 5.74) is 15.1. The summed E-state index contributed by atoms with van der Waals surface area (Å²) in [6, 6.07) is 55.4. The van der Waals surface area contributed by atoms with E-state index in [0.29, 0.717) is 11.5 Å². The van der Waals surface area contributed by atoms with E-state index in [1.54, 1.807) is 0 Å². The van der Waals surface area contributed by atoms with Gasteiger partial charge in [0.05, 0.1) is 22.6 Å². The monoisotopic (exact) mass is 1070 g/mol. The smallest absolute Gasteiger partial charge is 0.503 e. The number of aliphatic imine (C=N–C) groups is 1. The quantitative estimate of drug-likeness (QED) is 0.142. The van der Waals surface area contributed by atoms with Gasteiger partial charge < -0.3 is 19.2 Å². The molecule has 5 heterocycles.